The van der Waals surface area contributed by atoms with Gasteiger partial charge in [0.15, 0.2) is 0 Å². The smallest absolute Gasteiger partial charge is 0.768 e. The van der Waals surface area contributed by atoms with Crippen molar-refractivity contribution < 1.29 is 62.3 Å². The van der Waals surface area contributed by atoms with Gasteiger partial charge in [0.1, 0.15) is 0 Å². The quantitative estimate of drug-likeness (QED) is 0.445. The molecule has 0 amide bonds. The molecule has 0 fully saturated rings. The van der Waals surface area contributed by atoms with Crippen LogP contribution in [0.15, 0.2) is 58.3 Å². The Kier molecular flexibility index (Phi) is 13.9. The molecule has 0 saturated heterocycles. The van der Waals surface area contributed by atoms with Crippen LogP contribution in [0.5, 0.6) is 0 Å². The van der Waals surface area contributed by atoms with E-state index in [1.165, 1.54) is 0 Å². The van der Waals surface area contributed by atoms with E-state index < -0.39 is 22.2 Å². The van der Waals surface area contributed by atoms with Crippen molar-refractivity contribution in [2.45, 2.75) is 23.6 Å². The molecule has 0 aliphatic rings. The number of hydrogen-bond acceptors (Lipinski definition) is 4. The van der Waals surface area contributed by atoms with Crippen LogP contribution in [0, 0.1) is 13.8 Å². The topological polar surface area (TPSA) is 80.3 Å². The van der Waals surface area contributed by atoms with Gasteiger partial charge in [0.2, 0.25) is 0 Å². The second kappa shape index (κ2) is 12.5. The summed E-state index contributed by atoms with van der Waals surface area (Å²) in [5.74, 6) is 0. The van der Waals surface area contributed by atoms with E-state index >= 15 is 0 Å². The first-order valence-electron chi connectivity index (χ1n) is 5.73. The van der Waals surface area contributed by atoms with E-state index in [2.05, 4.69) is 0 Å². The molecule has 0 bridgehead atoms. The number of hydrogen-bond donors (Lipinski definition) is 0. The van der Waals surface area contributed by atoms with Crippen molar-refractivity contribution in [3.05, 3.63) is 59.7 Å². The van der Waals surface area contributed by atoms with E-state index in [9.17, 15) is 17.5 Å². The molecule has 2 unspecified atom stereocenters. The summed E-state index contributed by atoms with van der Waals surface area (Å²) in [4.78, 5) is 0.755. The summed E-state index contributed by atoms with van der Waals surface area (Å²) >= 11 is -4.18. The average molecular weight is 526 g/mol. The Morgan fingerprint density at radius 2 is 0.955 bits per heavy atom. The van der Waals surface area contributed by atoms with Crippen LogP contribution in [0.4, 0.5) is 0 Å². The van der Waals surface area contributed by atoms with Gasteiger partial charge in [0.05, 0.1) is 0 Å². The molecule has 8 heteroatoms. The third-order valence-electron chi connectivity index (χ3n) is 2.55. The largest absolute Gasteiger partial charge is 1.00 e. The van der Waals surface area contributed by atoms with Crippen molar-refractivity contribution in [3.8, 4) is 0 Å². The van der Waals surface area contributed by atoms with E-state index in [1.54, 1.807) is 50.2 Å². The van der Waals surface area contributed by atoms with Crippen LogP contribution in [-0.4, -0.2) is 17.5 Å². The predicted molar refractivity (Wildman–Crippen MR) is 76.7 cm³/mol. The third-order valence-corrected chi connectivity index (χ3v) is 4.18. The fourth-order valence-electron chi connectivity index (χ4n) is 1.49. The minimum atomic E-state index is -2.09. The van der Waals surface area contributed by atoms with Crippen LogP contribution in [0.3, 0.4) is 0 Å². The van der Waals surface area contributed by atoms with Gasteiger partial charge in [0, 0.05) is 9.79 Å². The maximum absolute atomic E-state index is 10.4. The van der Waals surface area contributed by atoms with Gasteiger partial charge in [-0.15, -0.1) is 0 Å². The summed E-state index contributed by atoms with van der Waals surface area (Å²) in [5, 5.41) is 0. The maximum Gasteiger partial charge on any atom is 1.00 e. The predicted octanol–water partition coefficient (Wildman–Crippen LogP) is 2.46. The van der Waals surface area contributed by atoms with E-state index in [-0.39, 0.29) is 44.8 Å². The van der Waals surface area contributed by atoms with Crippen molar-refractivity contribution in [1.29, 1.82) is 0 Å². The molecule has 0 aromatic heterocycles. The number of aryl methyl sites for hydroxylation is 2. The Morgan fingerprint density at radius 3 is 1.14 bits per heavy atom. The molecule has 0 radical (unpaired) electrons. The summed E-state index contributed by atoms with van der Waals surface area (Å²) in [5.41, 5.74) is 1.58. The molecule has 4 nitrogen and oxygen atoms in total. The molecule has 0 aliphatic heterocycles. The molecule has 22 heavy (non-hydrogen) atoms. The van der Waals surface area contributed by atoms with Gasteiger partial charge < -0.3 is 9.11 Å². The summed E-state index contributed by atoms with van der Waals surface area (Å²) < 4.78 is 41.7. The fourth-order valence-corrected chi connectivity index (χ4v) is 2.53. The van der Waals surface area contributed by atoms with Crippen molar-refractivity contribution in [1.82, 2.24) is 0 Å². The zero-order valence-electron chi connectivity index (χ0n) is 11.7. The van der Waals surface area contributed by atoms with E-state index in [0.29, 0.717) is 9.79 Å². The summed E-state index contributed by atoms with van der Waals surface area (Å²) in [6.45, 7) is 3.54. The van der Waals surface area contributed by atoms with E-state index in [1.807, 2.05) is 12.1 Å². The summed E-state index contributed by atoms with van der Waals surface area (Å²) in [6.07, 6.45) is 0. The van der Waals surface area contributed by atoms with Gasteiger partial charge in [-0.25, -0.2) is 0 Å². The van der Waals surface area contributed by atoms with Crippen LogP contribution in [-0.2, 0) is 66.9 Å². The minimum absolute atomic E-state index is 0. The first-order chi connectivity index (χ1) is 9.43. The zero-order valence-corrected chi connectivity index (χ0v) is 16.3. The molecule has 0 heterocycles. The van der Waals surface area contributed by atoms with Crippen molar-refractivity contribution in [2.24, 2.45) is 0 Å². The first-order valence-corrected chi connectivity index (χ1v) is 7.88. The maximum atomic E-state index is 10.4. The van der Waals surface area contributed by atoms with Crippen molar-refractivity contribution >= 4 is 22.2 Å². The van der Waals surface area contributed by atoms with Gasteiger partial charge in [-0.05, 0) is 59.3 Å². The molecule has 128 valence electrons. The van der Waals surface area contributed by atoms with Crippen LogP contribution in [0.1, 0.15) is 11.1 Å². The summed E-state index contributed by atoms with van der Waals surface area (Å²) in [6, 6.07) is 13.7. The van der Waals surface area contributed by atoms with Gasteiger partial charge in [0.25, 0.3) is 0 Å². The van der Waals surface area contributed by atoms with Gasteiger partial charge in [-0.2, -0.15) is 0 Å². The molecule has 2 aromatic carbocycles. The second-order valence-electron chi connectivity index (χ2n) is 4.00. The Labute approximate surface area is 166 Å². The molecule has 2 aromatic rings. The van der Waals surface area contributed by atoms with Gasteiger partial charge in [-0.1, -0.05) is 36.4 Å². The second-order valence-corrected chi connectivity index (χ2v) is 5.82. The number of rotatable bonds is 2. The van der Waals surface area contributed by atoms with Gasteiger partial charge >= 0.3 is 44.8 Å². The molecular weight excluding hydrogens is 512 g/mol. The summed E-state index contributed by atoms with van der Waals surface area (Å²) in [7, 11) is 0. The SMILES string of the molecule is Cc1ccccc1S(=O)[O-].Cc1ccccc1S(=O)[O-].[Ag+].[Ag+]. The zero-order chi connectivity index (χ0) is 15.1. The van der Waals surface area contributed by atoms with Crippen molar-refractivity contribution in [2.75, 3.05) is 0 Å². The molecule has 0 spiro atoms. The molecule has 0 saturated carbocycles. The van der Waals surface area contributed by atoms with Crippen LogP contribution >= 0.6 is 0 Å². The standard InChI is InChI=1S/2C7H8O2S.2Ag/c2*1-6-4-2-3-5-7(6)10(8)9;;/h2*2-5H,1H3,(H,8,9);;/q;;2*+1/p-2. The normalized spacial score (nSPS) is 11.8. The Morgan fingerprint density at radius 1 is 0.682 bits per heavy atom. The Bertz CT molecular complexity index is 580. The Balaban J connectivity index is 0. The van der Waals surface area contributed by atoms with E-state index in [4.69, 9.17) is 0 Å². The first kappa shape index (κ1) is 24.4. The molecule has 2 atom stereocenters. The molecular formula is C14H14Ag2O4S2. The van der Waals surface area contributed by atoms with Gasteiger partial charge in [-0.3, -0.25) is 8.42 Å². The third kappa shape index (κ3) is 8.12. The number of benzene rings is 2. The van der Waals surface area contributed by atoms with Crippen LogP contribution < -0.4 is 0 Å². The van der Waals surface area contributed by atoms with Crippen LogP contribution in [0.25, 0.3) is 0 Å². The fraction of sp³-hybridized carbons (Fsp3) is 0.143. The molecule has 0 N–H and O–H groups in total. The molecule has 2 rings (SSSR count). The van der Waals surface area contributed by atoms with Crippen LogP contribution in [0.2, 0.25) is 0 Å². The monoisotopic (exact) mass is 524 g/mol. The van der Waals surface area contributed by atoms with Crippen molar-refractivity contribution in [3.63, 3.8) is 0 Å². The molecule has 0 aliphatic carbocycles. The minimum Gasteiger partial charge on any atom is -0.768 e. The average Bonchev–Trinajstić information content (AvgIpc) is 2.40. The Hall–Kier alpha value is 0.141. The van der Waals surface area contributed by atoms with E-state index in [0.717, 1.165) is 11.1 Å².